The number of rotatable bonds is 6. The Morgan fingerprint density at radius 1 is 1.00 bits per heavy atom. The zero-order valence-corrected chi connectivity index (χ0v) is 14.1. The Balaban J connectivity index is 1.72. The minimum Gasteiger partial charge on any atom is -0.272 e. The molecule has 0 heterocycles. The van der Waals surface area contributed by atoms with Crippen molar-refractivity contribution < 1.29 is 18.2 Å². The van der Waals surface area contributed by atoms with Crippen LogP contribution in [0.25, 0.3) is 6.08 Å². The van der Waals surface area contributed by atoms with E-state index in [1.165, 1.54) is 12.1 Å². The topological polar surface area (TPSA) is 75.3 Å². The van der Waals surface area contributed by atoms with Gasteiger partial charge in [-0.3, -0.25) is 24.6 Å². The Hall–Kier alpha value is -2.80. The number of benzene rings is 2. The van der Waals surface area contributed by atoms with E-state index in [2.05, 4.69) is 10.9 Å². The monoisotopic (exact) mass is 360 g/mol. The number of nitrogens with one attached hydrogen (secondary N) is 2. The Labute approximate surface area is 147 Å². The Morgan fingerprint density at radius 2 is 1.68 bits per heavy atom. The lowest BCUT2D eigenvalue weighted by Crippen LogP contribution is -2.43. The smallest absolute Gasteiger partial charge is 0.269 e. The summed E-state index contributed by atoms with van der Waals surface area (Å²) in [6.45, 7) is 0. The van der Waals surface area contributed by atoms with Crippen molar-refractivity contribution in [2.75, 3.05) is 11.5 Å². The molecule has 1 atom stereocenters. The Morgan fingerprint density at radius 3 is 2.36 bits per heavy atom. The second-order valence-corrected chi connectivity index (χ2v) is 6.57. The maximum Gasteiger partial charge on any atom is 0.269 e. The van der Waals surface area contributed by atoms with E-state index in [1.54, 1.807) is 6.08 Å². The molecular formula is C18H17FN2O3S. The van der Waals surface area contributed by atoms with Gasteiger partial charge >= 0.3 is 0 Å². The molecule has 0 spiro atoms. The van der Waals surface area contributed by atoms with E-state index in [1.807, 2.05) is 36.4 Å². The predicted octanol–water partition coefficient (Wildman–Crippen LogP) is 2.05. The van der Waals surface area contributed by atoms with Crippen molar-refractivity contribution >= 4 is 28.7 Å². The summed E-state index contributed by atoms with van der Waals surface area (Å²) in [4.78, 5) is 23.4. The van der Waals surface area contributed by atoms with Crippen LogP contribution in [0.15, 0.2) is 60.7 Å². The number of hydrogen-bond acceptors (Lipinski definition) is 3. The number of carbonyl (C=O) groups is 2. The maximum atomic E-state index is 12.8. The summed E-state index contributed by atoms with van der Waals surface area (Å²) in [6, 6.07) is 14.4. The van der Waals surface area contributed by atoms with Crippen molar-refractivity contribution in [3.8, 4) is 0 Å². The lowest BCUT2D eigenvalue weighted by Gasteiger charge is -2.07. The molecule has 2 aromatic rings. The molecule has 2 rings (SSSR count). The van der Waals surface area contributed by atoms with Crippen LogP contribution in [0.1, 0.15) is 15.9 Å². The largest absolute Gasteiger partial charge is 0.272 e. The highest BCUT2D eigenvalue weighted by molar-refractivity contribution is 7.85. The molecule has 0 aliphatic heterocycles. The quantitative estimate of drug-likeness (QED) is 0.774. The predicted molar refractivity (Wildman–Crippen MR) is 95.4 cm³/mol. The van der Waals surface area contributed by atoms with Crippen LogP contribution in [0.5, 0.6) is 0 Å². The van der Waals surface area contributed by atoms with Gasteiger partial charge in [-0.25, -0.2) is 4.39 Å². The SMILES string of the molecule is O=C(C[S@](=O)C/C=C/c1ccccc1)NNC(=O)c1ccc(F)cc1. The minimum atomic E-state index is -1.39. The van der Waals surface area contributed by atoms with E-state index >= 15 is 0 Å². The number of hydrogen-bond donors (Lipinski definition) is 2. The first-order valence-corrected chi connectivity index (χ1v) is 8.95. The van der Waals surface area contributed by atoms with Crippen LogP contribution in [-0.2, 0) is 15.6 Å². The zero-order chi connectivity index (χ0) is 18.1. The van der Waals surface area contributed by atoms with Crippen molar-refractivity contribution in [1.82, 2.24) is 10.9 Å². The molecule has 0 fully saturated rings. The molecule has 7 heteroatoms. The molecule has 25 heavy (non-hydrogen) atoms. The molecule has 0 unspecified atom stereocenters. The van der Waals surface area contributed by atoms with Crippen LogP contribution >= 0.6 is 0 Å². The first kappa shape index (κ1) is 18.5. The second-order valence-electron chi connectivity index (χ2n) is 5.07. The summed E-state index contributed by atoms with van der Waals surface area (Å²) in [7, 11) is -1.39. The third-order valence-corrected chi connectivity index (χ3v) is 4.25. The molecule has 2 amide bonds. The van der Waals surface area contributed by atoms with Crippen molar-refractivity contribution in [3.05, 3.63) is 77.6 Å². The van der Waals surface area contributed by atoms with Crippen LogP contribution < -0.4 is 10.9 Å². The third kappa shape index (κ3) is 6.68. The standard InChI is InChI=1S/C18H17FN2O3S/c19-16-10-8-15(9-11-16)18(23)21-20-17(22)13-25(24)12-4-7-14-5-2-1-3-6-14/h1-11H,12-13H2,(H,20,22)(H,21,23)/b7-4+/t25-/m1/s1. The highest BCUT2D eigenvalue weighted by Crippen LogP contribution is 2.02. The van der Waals surface area contributed by atoms with Crippen LogP contribution in [0.3, 0.4) is 0 Å². The normalized spacial score (nSPS) is 11.9. The summed E-state index contributed by atoms with van der Waals surface area (Å²) in [5, 5.41) is 0. The van der Waals surface area contributed by atoms with E-state index in [0.717, 1.165) is 17.7 Å². The van der Waals surface area contributed by atoms with E-state index in [0.29, 0.717) is 0 Å². The average molecular weight is 360 g/mol. The average Bonchev–Trinajstić information content (AvgIpc) is 2.61. The fourth-order valence-electron chi connectivity index (χ4n) is 1.90. The summed E-state index contributed by atoms with van der Waals surface area (Å²) in [6.07, 6.45) is 3.56. The first-order valence-electron chi connectivity index (χ1n) is 7.46. The lowest BCUT2D eigenvalue weighted by atomic mass is 10.2. The second kappa shape index (κ2) is 9.48. The molecule has 0 saturated heterocycles. The van der Waals surface area contributed by atoms with Gasteiger partial charge in [0.2, 0.25) is 0 Å². The van der Waals surface area contributed by atoms with Crippen LogP contribution in [0.4, 0.5) is 4.39 Å². The number of hydrazine groups is 1. The summed E-state index contributed by atoms with van der Waals surface area (Å²) in [5.74, 6) is -1.61. The minimum absolute atomic E-state index is 0.202. The van der Waals surface area contributed by atoms with Gasteiger partial charge in [0, 0.05) is 22.1 Å². The molecular weight excluding hydrogens is 343 g/mol. The Bertz CT molecular complexity index is 777. The fraction of sp³-hybridized carbons (Fsp3) is 0.111. The summed E-state index contributed by atoms with van der Waals surface area (Å²) in [5.41, 5.74) is 5.56. The molecule has 5 nitrogen and oxygen atoms in total. The lowest BCUT2D eigenvalue weighted by molar-refractivity contribution is -0.119. The van der Waals surface area contributed by atoms with Gasteiger partial charge in [-0.05, 0) is 29.8 Å². The molecule has 0 saturated carbocycles. The molecule has 0 aliphatic rings. The van der Waals surface area contributed by atoms with Gasteiger partial charge in [-0.15, -0.1) is 0 Å². The molecule has 0 radical (unpaired) electrons. The molecule has 2 aromatic carbocycles. The number of halogens is 1. The highest BCUT2D eigenvalue weighted by atomic mass is 32.2. The van der Waals surface area contributed by atoms with Crippen molar-refractivity contribution in [2.24, 2.45) is 0 Å². The number of amides is 2. The van der Waals surface area contributed by atoms with Gasteiger partial charge in [0.15, 0.2) is 0 Å². The van der Waals surface area contributed by atoms with Gasteiger partial charge in [0.1, 0.15) is 11.6 Å². The van der Waals surface area contributed by atoms with Crippen molar-refractivity contribution in [3.63, 3.8) is 0 Å². The van der Waals surface area contributed by atoms with E-state index in [-0.39, 0.29) is 17.1 Å². The van der Waals surface area contributed by atoms with Crippen LogP contribution in [0, 0.1) is 5.82 Å². The maximum absolute atomic E-state index is 12.8. The first-order chi connectivity index (χ1) is 12.0. The fourth-order valence-corrected chi connectivity index (χ4v) is 2.69. The number of carbonyl (C=O) groups excluding carboxylic acids is 2. The van der Waals surface area contributed by atoms with E-state index < -0.39 is 28.4 Å². The van der Waals surface area contributed by atoms with Gasteiger partial charge in [0.05, 0.1) is 0 Å². The van der Waals surface area contributed by atoms with Gasteiger partial charge in [-0.1, -0.05) is 42.5 Å². The van der Waals surface area contributed by atoms with Crippen LogP contribution in [-0.4, -0.2) is 27.5 Å². The highest BCUT2D eigenvalue weighted by Gasteiger charge is 2.09. The van der Waals surface area contributed by atoms with Gasteiger partial charge in [-0.2, -0.15) is 0 Å². The van der Waals surface area contributed by atoms with Crippen molar-refractivity contribution in [2.45, 2.75) is 0 Å². The van der Waals surface area contributed by atoms with E-state index in [9.17, 15) is 18.2 Å². The van der Waals surface area contributed by atoms with Crippen molar-refractivity contribution in [1.29, 1.82) is 0 Å². The zero-order valence-electron chi connectivity index (χ0n) is 13.3. The molecule has 0 bridgehead atoms. The van der Waals surface area contributed by atoms with Gasteiger partial charge < -0.3 is 0 Å². The van der Waals surface area contributed by atoms with E-state index in [4.69, 9.17) is 0 Å². The van der Waals surface area contributed by atoms with Crippen LogP contribution in [0.2, 0.25) is 0 Å². The molecule has 130 valence electrons. The summed E-state index contributed by atoms with van der Waals surface area (Å²) >= 11 is 0. The molecule has 2 N–H and O–H groups in total. The molecule has 0 aliphatic carbocycles. The summed E-state index contributed by atoms with van der Waals surface area (Å²) < 4.78 is 24.6. The molecule has 0 aromatic heterocycles. The third-order valence-electron chi connectivity index (χ3n) is 3.11. The Kier molecular flexibility index (Phi) is 7.03. The van der Waals surface area contributed by atoms with Gasteiger partial charge in [0.25, 0.3) is 11.8 Å².